The number of benzene rings is 1. The molecular formula is C17H26ClN3O4. The summed E-state index contributed by atoms with van der Waals surface area (Å²) in [6.07, 6.45) is -0.148. The Kier molecular flexibility index (Phi) is 8.68. The number of likely N-dealkylation sites (N-methyl/N-ethyl adjacent to an activating group) is 1. The van der Waals surface area contributed by atoms with E-state index in [-0.39, 0.29) is 43.0 Å². The van der Waals surface area contributed by atoms with Crippen LogP contribution in [0.1, 0.15) is 12.5 Å². The van der Waals surface area contributed by atoms with E-state index < -0.39 is 0 Å². The maximum atomic E-state index is 12.2. The molecule has 2 N–H and O–H groups in total. The molecule has 1 fully saturated rings. The molecule has 1 aromatic rings. The molecule has 0 bridgehead atoms. The maximum Gasteiger partial charge on any atom is 0.259 e. The summed E-state index contributed by atoms with van der Waals surface area (Å²) >= 11 is 0. The van der Waals surface area contributed by atoms with Gasteiger partial charge in [-0.2, -0.15) is 0 Å². The zero-order chi connectivity index (χ0) is 17.5. The van der Waals surface area contributed by atoms with Crippen LogP contribution >= 0.6 is 12.4 Å². The maximum absolute atomic E-state index is 12.2. The molecule has 1 saturated heterocycles. The Labute approximate surface area is 154 Å². The van der Waals surface area contributed by atoms with E-state index in [1.807, 2.05) is 25.1 Å². The van der Waals surface area contributed by atoms with Gasteiger partial charge in [0.15, 0.2) is 6.61 Å². The van der Waals surface area contributed by atoms with Crippen LogP contribution in [-0.4, -0.2) is 62.7 Å². The van der Waals surface area contributed by atoms with Gasteiger partial charge in [0.05, 0.1) is 12.7 Å². The molecule has 1 aromatic carbocycles. The molecule has 0 saturated carbocycles. The minimum absolute atomic E-state index is 0. The minimum atomic E-state index is -0.337. The lowest BCUT2D eigenvalue weighted by Crippen LogP contribution is -2.55. The largest absolute Gasteiger partial charge is 0.484 e. The first-order chi connectivity index (χ1) is 11.5. The van der Waals surface area contributed by atoms with Gasteiger partial charge in [0.2, 0.25) is 5.91 Å². The molecule has 0 unspecified atom stereocenters. The van der Waals surface area contributed by atoms with E-state index >= 15 is 0 Å². The standard InChI is InChI=1S/C17H25N3O4.ClH/c1-12-16(18-7-8-23-12)17(22)19-10-13-5-4-6-14(9-13)24-11-15(21)20(2)3;/h4-6,9,12,16,18H,7-8,10-11H2,1-3H3,(H,19,22);1H/t12-,16+;/m1./s1. The van der Waals surface area contributed by atoms with Gasteiger partial charge in [-0.3, -0.25) is 9.59 Å². The van der Waals surface area contributed by atoms with Crippen LogP contribution in [0, 0.1) is 0 Å². The van der Waals surface area contributed by atoms with Crippen molar-refractivity contribution in [1.29, 1.82) is 0 Å². The second-order valence-electron chi connectivity index (χ2n) is 5.95. The van der Waals surface area contributed by atoms with Crippen LogP contribution in [0.4, 0.5) is 0 Å². The van der Waals surface area contributed by atoms with Crippen molar-refractivity contribution in [1.82, 2.24) is 15.5 Å². The SMILES string of the molecule is C[C@H]1OCCN[C@@H]1C(=O)NCc1cccc(OCC(=O)N(C)C)c1.Cl. The monoisotopic (exact) mass is 371 g/mol. The summed E-state index contributed by atoms with van der Waals surface area (Å²) in [4.78, 5) is 25.2. The highest BCUT2D eigenvalue weighted by molar-refractivity contribution is 5.85. The van der Waals surface area contributed by atoms with E-state index in [9.17, 15) is 9.59 Å². The zero-order valence-electron chi connectivity index (χ0n) is 14.8. The number of nitrogens with zero attached hydrogens (tertiary/aromatic N) is 1. The molecule has 2 atom stereocenters. The average molecular weight is 372 g/mol. The Morgan fingerprint density at radius 1 is 1.40 bits per heavy atom. The Balaban J connectivity index is 0.00000312. The second kappa shape index (κ2) is 10.2. The third-order valence-electron chi connectivity index (χ3n) is 3.83. The molecule has 8 heteroatoms. The van der Waals surface area contributed by atoms with E-state index in [4.69, 9.17) is 9.47 Å². The van der Waals surface area contributed by atoms with E-state index in [1.54, 1.807) is 20.2 Å². The predicted molar refractivity (Wildman–Crippen MR) is 96.9 cm³/mol. The van der Waals surface area contributed by atoms with Crippen molar-refractivity contribution >= 4 is 24.2 Å². The fourth-order valence-electron chi connectivity index (χ4n) is 2.35. The molecule has 0 radical (unpaired) electrons. The topological polar surface area (TPSA) is 79.9 Å². The van der Waals surface area contributed by atoms with Gasteiger partial charge in [0, 0.05) is 27.2 Å². The third-order valence-corrected chi connectivity index (χ3v) is 3.83. The number of hydrogen-bond acceptors (Lipinski definition) is 5. The van der Waals surface area contributed by atoms with Gasteiger partial charge in [-0.15, -0.1) is 12.4 Å². The van der Waals surface area contributed by atoms with Crippen molar-refractivity contribution in [3.05, 3.63) is 29.8 Å². The van der Waals surface area contributed by atoms with Gasteiger partial charge >= 0.3 is 0 Å². The second-order valence-corrected chi connectivity index (χ2v) is 5.95. The highest BCUT2D eigenvalue weighted by atomic mass is 35.5. The van der Waals surface area contributed by atoms with Crippen LogP contribution < -0.4 is 15.4 Å². The van der Waals surface area contributed by atoms with Gasteiger partial charge in [0.1, 0.15) is 11.8 Å². The van der Waals surface area contributed by atoms with E-state index in [1.165, 1.54) is 4.90 Å². The fraction of sp³-hybridized carbons (Fsp3) is 0.529. The highest BCUT2D eigenvalue weighted by Gasteiger charge is 2.27. The summed E-state index contributed by atoms with van der Waals surface area (Å²) in [6, 6.07) is 7.00. The summed E-state index contributed by atoms with van der Waals surface area (Å²) in [5, 5.41) is 6.05. The summed E-state index contributed by atoms with van der Waals surface area (Å²) in [6.45, 7) is 3.56. The number of hydrogen-bond donors (Lipinski definition) is 2. The number of carbonyl (C=O) groups is 2. The Morgan fingerprint density at radius 3 is 2.84 bits per heavy atom. The number of rotatable bonds is 6. The summed E-state index contributed by atoms with van der Waals surface area (Å²) < 4.78 is 11.0. The smallest absolute Gasteiger partial charge is 0.259 e. The van der Waals surface area contributed by atoms with Crippen molar-refractivity contribution in [2.24, 2.45) is 0 Å². The molecule has 2 amide bonds. The lowest BCUT2D eigenvalue weighted by atomic mass is 10.1. The summed E-state index contributed by atoms with van der Waals surface area (Å²) in [7, 11) is 3.36. The Hall–Kier alpha value is -1.83. The zero-order valence-corrected chi connectivity index (χ0v) is 15.6. The van der Waals surface area contributed by atoms with Crippen molar-refractivity contribution in [3.8, 4) is 5.75 Å². The number of halogens is 1. The first-order valence-electron chi connectivity index (χ1n) is 8.02. The van der Waals surface area contributed by atoms with Crippen LogP contribution in [0.3, 0.4) is 0 Å². The van der Waals surface area contributed by atoms with Gasteiger partial charge < -0.3 is 25.0 Å². The van der Waals surface area contributed by atoms with Crippen molar-refractivity contribution in [2.75, 3.05) is 33.9 Å². The van der Waals surface area contributed by atoms with Gasteiger partial charge in [0.25, 0.3) is 5.91 Å². The lowest BCUT2D eigenvalue weighted by molar-refractivity contribution is -0.131. The third kappa shape index (κ3) is 6.53. The van der Waals surface area contributed by atoms with Crippen LogP contribution in [-0.2, 0) is 20.9 Å². The molecule has 140 valence electrons. The highest BCUT2D eigenvalue weighted by Crippen LogP contribution is 2.13. The molecule has 2 rings (SSSR count). The van der Waals surface area contributed by atoms with Crippen molar-refractivity contribution in [3.63, 3.8) is 0 Å². The molecule has 0 aromatic heterocycles. The van der Waals surface area contributed by atoms with Gasteiger partial charge in [-0.1, -0.05) is 12.1 Å². The van der Waals surface area contributed by atoms with Crippen LogP contribution in [0.15, 0.2) is 24.3 Å². The van der Waals surface area contributed by atoms with E-state index in [0.29, 0.717) is 25.4 Å². The Bertz CT molecular complexity index is 583. The molecule has 1 aliphatic rings. The molecule has 0 aliphatic carbocycles. The molecule has 7 nitrogen and oxygen atoms in total. The van der Waals surface area contributed by atoms with Crippen LogP contribution in [0.2, 0.25) is 0 Å². The number of amides is 2. The average Bonchev–Trinajstić information content (AvgIpc) is 2.58. The molecular weight excluding hydrogens is 346 g/mol. The summed E-state index contributed by atoms with van der Waals surface area (Å²) in [5.41, 5.74) is 0.905. The molecule has 0 spiro atoms. The first-order valence-corrected chi connectivity index (χ1v) is 8.02. The van der Waals surface area contributed by atoms with Crippen LogP contribution in [0.25, 0.3) is 0 Å². The quantitative estimate of drug-likeness (QED) is 0.764. The number of carbonyl (C=O) groups excluding carboxylic acids is 2. The van der Waals surface area contributed by atoms with Gasteiger partial charge in [-0.05, 0) is 24.6 Å². The lowest BCUT2D eigenvalue weighted by Gasteiger charge is -2.29. The minimum Gasteiger partial charge on any atom is -0.484 e. The molecule has 1 aliphatic heterocycles. The van der Waals surface area contributed by atoms with Crippen molar-refractivity contribution < 1.29 is 19.1 Å². The summed E-state index contributed by atoms with van der Waals surface area (Å²) in [5.74, 6) is 0.409. The fourth-order valence-corrected chi connectivity index (χ4v) is 2.35. The predicted octanol–water partition coefficient (Wildman–Crippen LogP) is 0.569. The van der Waals surface area contributed by atoms with E-state index in [2.05, 4.69) is 10.6 Å². The first kappa shape index (κ1) is 21.2. The normalized spacial score (nSPS) is 19.5. The number of nitrogens with one attached hydrogen (secondary N) is 2. The number of ether oxygens (including phenoxy) is 2. The molecule has 1 heterocycles. The van der Waals surface area contributed by atoms with Crippen molar-refractivity contribution in [2.45, 2.75) is 25.6 Å². The Morgan fingerprint density at radius 2 is 2.16 bits per heavy atom. The molecule has 25 heavy (non-hydrogen) atoms. The van der Waals surface area contributed by atoms with Gasteiger partial charge in [-0.25, -0.2) is 0 Å². The van der Waals surface area contributed by atoms with E-state index in [0.717, 1.165) is 5.56 Å². The number of morpholine rings is 1. The van der Waals surface area contributed by atoms with Crippen LogP contribution in [0.5, 0.6) is 5.75 Å².